The van der Waals surface area contributed by atoms with Crippen molar-refractivity contribution in [3.8, 4) is 0 Å². The van der Waals surface area contributed by atoms with Crippen molar-refractivity contribution in [2.45, 2.75) is 0 Å². The van der Waals surface area contributed by atoms with Crippen LogP contribution in [0.3, 0.4) is 0 Å². The smallest absolute Gasteiger partial charge is 0.299 e. The first-order valence-electron chi connectivity index (χ1n) is 4.69. The molecule has 0 saturated carbocycles. The van der Waals surface area contributed by atoms with E-state index in [1.54, 1.807) is 17.8 Å². The summed E-state index contributed by atoms with van der Waals surface area (Å²) in [5.41, 5.74) is -0.0144. The molecule has 1 amide bonds. The average Bonchev–Trinajstić information content (AvgIpc) is 2.72. The number of hydrogen-bond donors (Lipinski definition) is 0. The number of amides is 1. The lowest BCUT2D eigenvalue weighted by atomic mass is 10.3. The lowest BCUT2D eigenvalue weighted by molar-refractivity contribution is 0.0993. The van der Waals surface area contributed by atoms with Crippen LogP contribution in [0.1, 0.15) is 10.5 Å². The van der Waals surface area contributed by atoms with Gasteiger partial charge in [0.25, 0.3) is 5.91 Å². The Balaban J connectivity index is 2.49. The Morgan fingerprint density at radius 1 is 1.39 bits per heavy atom. The van der Waals surface area contributed by atoms with Crippen molar-refractivity contribution in [2.75, 3.05) is 0 Å². The molecule has 0 fully saturated rings. The molecule has 0 spiro atoms. The van der Waals surface area contributed by atoms with E-state index in [2.05, 4.69) is 9.98 Å². The summed E-state index contributed by atoms with van der Waals surface area (Å²) >= 11 is 18.8. The molecule has 2 aromatic heterocycles. The maximum absolute atomic E-state index is 11.9. The molecule has 18 heavy (non-hydrogen) atoms. The zero-order valence-corrected chi connectivity index (χ0v) is 12.1. The van der Waals surface area contributed by atoms with E-state index in [4.69, 9.17) is 34.8 Å². The number of carbonyl (C=O) groups is 1. The van der Waals surface area contributed by atoms with Gasteiger partial charge in [0.1, 0.15) is 0 Å². The number of thiazole rings is 1. The lowest BCUT2D eigenvalue weighted by Gasteiger charge is -2.02. The van der Waals surface area contributed by atoms with Crippen LogP contribution in [0.4, 0.5) is 0 Å². The molecule has 0 unspecified atom stereocenters. The third-order valence-corrected chi connectivity index (χ3v) is 4.17. The quantitative estimate of drug-likeness (QED) is 0.809. The maximum atomic E-state index is 11.9. The van der Waals surface area contributed by atoms with E-state index in [1.807, 2.05) is 5.38 Å². The first-order valence-corrected chi connectivity index (χ1v) is 6.70. The van der Waals surface area contributed by atoms with Crippen molar-refractivity contribution >= 4 is 52.0 Å². The minimum atomic E-state index is -0.559. The van der Waals surface area contributed by atoms with Gasteiger partial charge in [0, 0.05) is 24.8 Å². The van der Waals surface area contributed by atoms with Crippen LogP contribution in [-0.4, -0.2) is 15.5 Å². The van der Waals surface area contributed by atoms with E-state index in [0.29, 0.717) is 4.80 Å². The first-order chi connectivity index (χ1) is 8.50. The van der Waals surface area contributed by atoms with Gasteiger partial charge < -0.3 is 4.57 Å². The molecule has 2 heterocycles. The number of pyridine rings is 1. The Bertz CT molecular complexity index is 677. The van der Waals surface area contributed by atoms with E-state index in [0.717, 1.165) is 0 Å². The summed E-state index contributed by atoms with van der Waals surface area (Å²) < 4.78 is 1.72. The molecule has 0 aliphatic heterocycles. The molecule has 4 nitrogen and oxygen atoms in total. The molecule has 0 aromatic carbocycles. The van der Waals surface area contributed by atoms with Crippen LogP contribution < -0.4 is 4.80 Å². The van der Waals surface area contributed by atoms with Crippen LogP contribution in [0, 0.1) is 0 Å². The number of carbonyl (C=O) groups excluding carboxylic acids is 1. The molecule has 0 radical (unpaired) electrons. The summed E-state index contributed by atoms with van der Waals surface area (Å²) in [6, 6.07) is 0. The fraction of sp³-hybridized carbons (Fsp3) is 0.100. The summed E-state index contributed by atoms with van der Waals surface area (Å²) in [7, 11) is 1.78. The highest BCUT2D eigenvalue weighted by Crippen LogP contribution is 2.31. The van der Waals surface area contributed by atoms with Gasteiger partial charge in [-0.3, -0.25) is 4.79 Å². The standard InChI is InChI=1S/C10H6Cl3N3OS/c1-16-2-3-18-10(16)15-9(17)8-7(13)6(12)5(11)4-14-8/h2-4H,1H3. The van der Waals surface area contributed by atoms with Crippen molar-refractivity contribution in [1.29, 1.82) is 0 Å². The van der Waals surface area contributed by atoms with Gasteiger partial charge in [-0.1, -0.05) is 34.8 Å². The molecule has 94 valence electrons. The van der Waals surface area contributed by atoms with Crippen LogP contribution in [0.15, 0.2) is 22.8 Å². The Kier molecular flexibility index (Phi) is 4.07. The van der Waals surface area contributed by atoms with E-state index in [9.17, 15) is 4.79 Å². The van der Waals surface area contributed by atoms with Gasteiger partial charge in [-0.2, -0.15) is 4.99 Å². The molecular weight excluding hydrogens is 317 g/mol. The SMILES string of the molecule is Cn1ccsc1=NC(=O)c1ncc(Cl)c(Cl)c1Cl. The summed E-state index contributed by atoms with van der Waals surface area (Å²) in [5.74, 6) is -0.559. The van der Waals surface area contributed by atoms with Crippen molar-refractivity contribution in [3.63, 3.8) is 0 Å². The maximum Gasteiger partial charge on any atom is 0.299 e. The number of nitrogens with zero attached hydrogens (tertiary/aromatic N) is 3. The Hall–Kier alpha value is -0.880. The van der Waals surface area contributed by atoms with Gasteiger partial charge in [-0.05, 0) is 0 Å². The zero-order chi connectivity index (χ0) is 13.3. The Morgan fingerprint density at radius 2 is 2.11 bits per heavy atom. The van der Waals surface area contributed by atoms with E-state index in [1.165, 1.54) is 17.5 Å². The fourth-order valence-electron chi connectivity index (χ4n) is 1.17. The molecule has 0 saturated heterocycles. The summed E-state index contributed by atoms with van der Waals surface area (Å²) in [4.78, 5) is 20.2. The molecule has 0 bridgehead atoms. The third kappa shape index (κ3) is 2.59. The summed E-state index contributed by atoms with van der Waals surface area (Å²) in [5, 5.41) is 2.12. The monoisotopic (exact) mass is 321 g/mol. The van der Waals surface area contributed by atoms with Crippen molar-refractivity contribution in [2.24, 2.45) is 12.0 Å². The zero-order valence-electron chi connectivity index (χ0n) is 9.02. The van der Waals surface area contributed by atoms with Crippen molar-refractivity contribution in [1.82, 2.24) is 9.55 Å². The topological polar surface area (TPSA) is 47.2 Å². The minimum Gasteiger partial charge on any atom is -0.327 e. The highest BCUT2D eigenvalue weighted by Gasteiger charge is 2.16. The van der Waals surface area contributed by atoms with Crippen molar-refractivity contribution in [3.05, 3.63) is 43.3 Å². The van der Waals surface area contributed by atoms with Crippen LogP contribution in [-0.2, 0) is 7.05 Å². The fourth-order valence-corrected chi connectivity index (χ4v) is 2.46. The second-order valence-corrected chi connectivity index (χ2v) is 5.33. The number of aromatic nitrogens is 2. The first kappa shape index (κ1) is 13.5. The lowest BCUT2D eigenvalue weighted by Crippen LogP contribution is -2.13. The normalized spacial score (nSPS) is 11.9. The van der Waals surface area contributed by atoms with E-state index < -0.39 is 5.91 Å². The minimum absolute atomic E-state index is 0.0112. The van der Waals surface area contributed by atoms with Gasteiger partial charge >= 0.3 is 0 Å². The van der Waals surface area contributed by atoms with Gasteiger partial charge in [0.2, 0.25) is 0 Å². The number of halogens is 3. The van der Waals surface area contributed by atoms with Gasteiger partial charge in [-0.15, -0.1) is 11.3 Å². The summed E-state index contributed by atoms with van der Waals surface area (Å²) in [6.07, 6.45) is 3.06. The number of aryl methyl sites for hydroxylation is 1. The van der Waals surface area contributed by atoms with Gasteiger partial charge in [0.15, 0.2) is 10.5 Å². The Morgan fingerprint density at radius 3 is 2.72 bits per heavy atom. The van der Waals surface area contributed by atoms with Crippen molar-refractivity contribution < 1.29 is 4.79 Å². The number of hydrogen-bond acceptors (Lipinski definition) is 3. The predicted octanol–water partition coefficient (Wildman–Crippen LogP) is 3.18. The molecule has 0 atom stereocenters. The highest BCUT2D eigenvalue weighted by molar-refractivity contribution is 7.07. The molecule has 2 aromatic rings. The largest absolute Gasteiger partial charge is 0.327 e. The highest BCUT2D eigenvalue weighted by atomic mass is 35.5. The van der Waals surface area contributed by atoms with E-state index in [-0.39, 0.29) is 20.8 Å². The average molecular weight is 323 g/mol. The Labute approximate surface area is 121 Å². The second kappa shape index (κ2) is 5.40. The predicted molar refractivity (Wildman–Crippen MR) is 72.5 cm³/mol. The molecule has 0 aliphatic carbocycles. The van der Waals surface area contributed by atoms with Gasteiger partial charge in [0.05, 0.1) is 15.1 Å². The van der Waals surface area contributed by atoms with Crippen LogP contribution in [0.25, 0.3) is 0 Å². The van der Waals surface area contributed by atoms with E-state index >= 15 is 0 Å². The van der Waals surface area contributed by atoms with Gasteiger partial charge in [-0.25, -0.2) is 4.98 Å². The molecule has 2 rings (SSSR count). The third-order valence-electron chi connectivity index (χ3n) is 2.08. The molecule has 8 heteroatoms. The molecular formula is C10H6Cl3N3OS. The van der Waals surface area contributed by atoms with Crippen LogP contribution >= 0.6 is 46.1 Å². The second-order valence-electron chi connectivity index (χ2n) is 3.30. The van der Waals surface area contributed by atoms with Crippen LogP contribution in [0.5, 0.6) is 0 Å². The summed E-state index contributed by atoms with van der Waals surface area (Å²) in [6.45, 7) is 0. The molecule has 0 N–H and O–H groups in total. The number of rotatable bonds is 1. The van der Waals surface area contributed by atoms with Crippen LogP contribution in [0.2, 0.25) is 15.1 Å². The molecule has 0 aliphatic rings.